The topological polar surface area (TPSA) is 101 Å². The minimum atomic E-state index is -3.79. The van der Waals surface area contributed by atoms with Crippen LogP contribution in [-0.4, -0.2) is 26.9 Å². The SMILES string of the molecule is Cc1ccc(NS(=O)(=O)c2ccc(C)c(C(=O)NCC(N)C3CC3)c2)cc1. The predicted octanol–water partition coefficient (Wildman–Crippen LogP) is 2.57. The van der Waals surface area contributed by atoms with Crippen molar-refractivity contribution in [3.63, 3.8) is 0 Å². The zero-order chi connectivity index (χ0) is 19.6. The van der Waals surface area contributed by atoms with Gasteiger partial charge in [0.15, 0.2) is 0 Å². The molecule has 144 valence electrons. The molecule has 7 heteroatoms. The van der Waals surface area contributed by atoms with Gasteiger partial charge in [0.2, 0.25) is 0 Å². The van der Waals surface area contributed by atoms with E-state index in [9.17, 15) is 13.2 Å². The highest BCUT2D eigenvalue weighted by Crippen LogP contribution is 2.31. The molecular weight excluding hydrogens is 362 g/mol. The molecule has 3 rings (SSSR count). The third-order valence-corrected chi connectivity index (χ3v) is 6.17. The molecular formula is C20H25N3O3S. The van der Waals surface area contributed by atoms with Gasteiger partial charge in [0.1, 0.15) is 0 Å². The smallest absolute Gasteiger partial charge is 0.261 e. The molecule has 27 heavy (non-hydrogen) atoms. The number of nitrogens with two attached hydrogens (primary N) is 1. The molecule has 1 aliphatic rings. The number of carbonyl (C=O) groups excluding carboxylic acids is 1. The Morgan fingerprint density at radius 2 is 1.81 bits per heavy atom. The number of nitrogens with one attached hydrogen (secondary N) is 2. The Hall–Kier alpha value is -2.38. The van der Waals surface area contributed by atoms with Crippen molar-refractivity contribution in [3.05, 3.63) is 59.2 Å². The zero-order valence-corrected chi connectivity index (χ0v) is 16.3. The van der Waals surface area contributed by atoms with Crippen LogP contribution in [0.15, 0.2) is 47.4 Å². The van der Waals surface area contributed by atoms with Crippen LogP contribution in [0.2, 0.25) is 0 Å². The van der Waals surface area contributed by atoms with Crippen molar-refractivity contribution in [2.75, 3.05) is 11.3 Å². The van der Waals surface area contributed by atoms with Gasteiger partial charge in [-0.2, -0.15) is 0 Å². The van der Waals surface area contributed by atoms with Crippen molar-refractivity contribution in [2.24, 2.45) is 11.7 Å². The van der Waals surface area contributed by atoms with E-state index in [-0.39, 0.29) is 16.8 Å². The first-order chi connectivity index (χ1) is 12.8. The maximum absolute atomic E-state index is 12.7. The Morgan fingerprint density at radius 3 is 2.44 bits per heavy atom. The highest BCUT2D eigenvalue weighted by Gasteiger charge is 2.28. The van der Waals surface area contributed by atoms with Crippen LogP contribution in [0.3, 0.4) is 0 Å². The number of aryl methyl sites for hydroxylation is 2. The number of rotatable bonds is 7. The monoisotopic (exact) mass is 387 g/mol. The highest BCUT2D eigenvalue weighted by molar-refractivity contribution is 7.92. The molecule has 4 N–H and O–H groups in total. The van der Waals surface area contributed by atoms with E-state index in [1.54, 1.807) is 25.1 Å². The number of amides is 1. The van der Waals surface area contributed by atoms with Gasteiger partial charge in [0.05, 0.1) is 4.90 Å². The van der Waals surface area contributed by atoms with Crippen LogP contribution < -0.4 is 15.8 Å². The second-order valence-corrected chi connectivity index (χ2v) is 8.84. The van der Waals surface area contributed by atoms with Gasteiger partial charge in [0.25, 0.3) is 15.9 Å². The van der Waals surface area contributed by atoms with E-state index in [4.69, 9.17) is 5.73 Å². The first-order valence-electron chi connectivity index (χ1n) is 9.00. The molecule has 0 heterocycles. The lowest BCUT2D eigenvalue weighted by Gasteiger charge is -2.14. The minimum Gasteiger partial charge on any atom is -0.350 e. The van der Waals surface area contributed by atoms with Crippen molar-refractivity contribution < 1.29 is 13.2 Å². The summed E-state index contributed by atoms with van der Waals surface area (Å²) >= 11 is 0. The summed E-state index contributed by atoms with van der Waals surface area (Å²) < 4.78 is 27.9. The average Bonchev–Trinajstić information content (AvgIpc) is 3.46. The molecule has 0 aromatic heterocycles. The lowest BCUT2D eigenvalue weighted by atomic mass is 10.1. The normalized spacial score (nSPS) is 15.2. The molecule has 0 aliphatic heterocycles. The molecule has 2 aromatic rings. The summed E-state index contributed by atoms with van der Waals surface area (Å²) in [5.41, 5.74) is 8.58. The first-order valence-corrected chi connectivity index (χ1v) is 10.5. The third kappa shape index (κ3) is 4.87. The van der Waals surface area contributed by atoms with Crippen LogP contribution in [0.1, 0.15) is 34.3 Å². The van der Waals surface area contributed by atoms with Crippen molar-refractivity contribution in [1.29, 1.82) is 0 Å². The molecule has 1 fully saturated rings. The van der Waals surface area contributed by atoms with Gasteiger partial charge in [-0.25, -0.2) is 8.42 Å². The van der Waals surface area contributed by atoms with E-state index in [2.05, 4.69) is 10.0 Å². The van der Waals surface area contributed by atoms with Crippen LogP contribution in [0.5, 0.6) is 0 Å². The Balaban J connectivity index is 1.76. The Kier molecular flexibility index (Phi) is 5.53. The lowest BCUT2D eigenvalue weighted by molar-refractivity contribution is 0.0949. The fourth-order valence-corrected chi connectivity index (χ4v) is 3.93. The van der Waals surface area contributed by atoms with Crippen LogP contribution in [0.25, 0.3) is 0 Å². The standard InChI is InChI=1S/C20H25N3O3S/c1-13-3-8-16(9-4-13)23-27(25,26)17-10-5-14(2)18(11-17)20(24)22-12-19(21)15-6-7-15/h3-5,8-11,15,19,23H,6-7,12,21H2,1-2H3,(H,22,24). The molecule has 1 unspecified atom stereocenters. The van der Waals surface area contributed by atoms with Gasteiger partial charge in [-0.1, -0.05) is 23.8 Å². The van der Waals surface area contributed by atoms with Crippen molar-refractivity contribution >= 4 is 21.6 Å². The molecule has 0 saturated heterocycles. The second-order valence-electron chi connectivity index (χ2n) is 7.16. The van der Waals surface area contributed by atoms with Crippen LogP contribution in [-0.2, 0) is 10.0 Å². The number of hydrogen-bond donors (Lipinski definition) is 3. The van der Waals surface area contributed by atoms with Gasteiger partial charge in [-0.05, 0) is 62.4 Å². The predicted molar refractivity (Wildman–Crippen MR) is 106 cm³/mol. The van der Waals surface area contributed by atoms with E-state index in [0.29, 0.717) is 29.3 Å². The molecule has 6 nitrogen and oxygen atoms in total. The first kappa shape index (κ1) is 19.4. The number of benzene rings is 2. The van der Waals surface area contributed by atoms with Gasteiger partial charge in [-0.3, -0.25) is 9.52 Å². The van der Waals surface area contributed by atoms with Gasteiger partial charge < -0.3 is 11.1 Å². The van der Waals surface area contributed by atoms with Crippen LogP contribution in [0.4, 0.5) is 5.69 Å². The summed E-state index contributed by atoms with van der Waals surface area (Å²) in [4.78, 5) is 12.6. The molecule has 0 spiro atoms. The summed E-state index contributed by atoms with van der Waals surface area (Å²) in [5.74, 6) is 0.174. The summed E-state index contributed by atoms with van der Waals surface area (Å²) in [7, 11) is -3.79. The minimum absolute atomic E-state index is 0.0466. The van der Waals surface area contributed by atoms with E-state index in [1.807, 2.05) is 19.1 Å². The summed E-state index contributed by atoms with van der Waals surface area (Å²) in [6.45, 7) is 4.10. The van der Waals surface area contributed by atoms with Crippen molar-refractivity contribution in [2.45, 2.75) is 37.6 Å². The average molecular weight is 388 g/mol. The Morgan fingerprint density at radius 1 is 1.15 bits per heavy atom. The van der Waals surface area contributed by atoms with Crippen LogP contribution >= 0.6 is 0 Å². The third-order valence-electron chi connectivity index (χ3n) is 4.79. The Bertz CT molecular complexity index is 935. The molecule has 1 saturated carbocycles. The van der Waals surface area contributed by atoms with Crippen molar-refractivity contribution in [1.82, 2.24) is 5.32 Å². The Labute approximate surface area is 160 Å². The summed E-state index contributed by atoms with van der Waals surface area (Å²) in [6.07, 6.45) is 2.21. The van der Waals surface area contributed by atoms with Crippen molar-refractivity contribution in [3.8, 4) is 0 Å². The molecule has 0 radical (unpaired) electrons. The van der Waals surface area contributed by atoms with Gasteiger partial charge in [0, 0.05) is 23.8 Å². The maximum atomic E-state index is 12.7. The maximum Gasteiger partial charge on any atom is 0.261 e. The quantitative estimate of drug-likeness (QED) is 0.679. The van der Waals surface area contributed by atoms with E-state index in [0.717, 1.165) is 18.4 Å². The molecule has 0 bridgehead atoms. The molecule has 1 amide bonds. The molecule has 2 aromatic carbocycles. The molecule has 1 aliphatic carbocycles. The number of hydrogen-bond acceptors (Lipinski definition) is 4. The summed E-state index contributed by atoms with van der Waals surface area (Å²) in [5, 5.41) is 2.82. The largest absolute Gasteiger partial charge is 0.350 e. The number of carbonyl (C=O) groups is 1. The van der Waals surface area contributed by atoms with E-state index in [1.165, 1.54) is 12.1 Å². The van der Waals surface area contributed by atoms with E-state index < -0.39 is 10.0 Å². The van der Waals surface area contributed by atoms with Gasteiger partial charge >= 0.3 is 0 Å². The van der Waals surface area contributed by atoms with Crippen LogP contribution in [0, 0.1) is 19.8 Å². The zero-order valence-electron chi connectivity index (χ0n) is 15.5. The fourth-order valence-electron chi connectivity index (χ4n) is 2.85. The van der Waals surface area contributed by atoms with Gasteiger partial charge in [-0.15, -0.1) is 0 Å². The second kappa shape index (κ2) is 7.70. The highest BCUT2D eigenvalue weighted by atomic mass is 32.2. The number of anilines is 1. The fraction of sp³-hybridized carbons (Fsp3) is 0.350. The summed E-state index contributed by atoms with van der Waals surface area (Å²) in [6, 6.07) is 11.6. The molecule has 1 atom stereocenters. The lowest BCUT2D eigenvalue weighted by Crippen LogP contribution is -2.38. The number of sulfonamides is 1. The van der Waals surface area contributed by atoms with E-state index >= 15 is 0 Å².